The van der Waals surface area contributed by atoms with Crippen LogP contribution in [0.2, 0.25) is 0 Å². The molecule has 0 amide bonds. The van der Waals surface area contributed by atoms with E-state index < -0.39 is 11.4 Å². The molecule has 3 saturated heterocycles. The lowest BCUT2D eigenvalue weighted by Crippen LogP contribution is -2.58. The molecule has 4 heteroatoms. The van der Waals surface area contributed by atoms with E-state index in [2.05, 4.69) is 23.3 Å². The van der Waals surface area contributed by atoms with Gasteiger partial charge < -0.3 is 15.3 Å². The fourth-order valence-electron chi connectivity index (χ4n) is 4.14. The minimum Gasteiger partial charge on any atom is -0.376 e. The molecule has 1 aromatic rings. The van der Waals surface area contributed by atoms with E-state index in [9.17, 15) is 15.3 Å². The molecule has 0 spiro atoms. The Morgan fingerprint density at radius 3 is 2.65 bits per heavy atom. The predicted octanol–water partition coefficient (Wildman–Crippen LogP) is 2.16. The summed E-state index contributed by atoms with van der Waals surface area (Å²) in [5, 5.41) is 31.5. The van der Waals surface area contributed by atoms with E-state index in [1.54, 1.807) is 18.2 Å². The van der Waals surface area contributed by atoms with E-state index in [1.165, 1.54) is 0 Å². The zero-order chi connectivity index (χ0) is 18.8. The lowest BCUT2D eigenvalue weighted by atomic mass is 9.75. The van der Waals surface area contributed by atoms with Crippen LogP contribution < -0.4 is 0 Å². The Labute approximate surface area is 156 Å². The molecule has 0 aromatic heterocycles. The van der Waals surface area contributed by atoms with E-state index in [-0.39, 0.29) is 12.3 Å². The van der Waals surface area contributed by atoms with Gasteiger partial charge in [0, 0.05) is 30.0 Å². The molecule has 0 aliphatic carbocycles. The number of hydrogen-bond acceptors (Lipinski definition) is 4. The van der Waals surface area contributed by atoms with Gasteiger partial charge in [-0.15, -0.1) is 6.58 Å². The van der Waals surface area contributed by atoms with Crippen LogP contribution in [0.4, 0.5) is 0 Å². The van der Waals surface area contributed by atoms with Crippen molar-refractivity contribution in [1.82, 2.24) is 4.90 Å². The number of hydrogen-bond donors (Lipinski definition) is 3. The fourth-order valence-corrected chi connectivity index (χ4v) is 4.14. The van der Waals surface area contributed by atoms with Gasteiger partial charge in [-0.3, -0.25) is 4.90 Å². The number of nitrogens with zero attached hydrogens (tertiary/aromatic N) is 1. The lowest BCUT2D eigenvalue weighted by Gasteiger charge is -2.47. The molecule has 3 aliphatic heterocycles. The van der Waals surface area contributed by atoms with Gasteiger partial charge in [0.25, 0.3) is 0 Å². The average Bonchev–Trinajstić information content (AvgIpc) is 2.61. The molecule has 1 aromatic carbocycles. The van der Waals surface area contributed by atoms with Crippen molar-refractivity contribution < 1.29 is 15.3 Å². The summed E-state index contributed by atoms with van der Waals surface area (Å²) < 4.78 is 0. The van der Waals surface area contributed by atoms with Crippen molar-refractivity contribution in [3.8, 4) is 11.8 Å². The van der Waals surface area contributed by atoms with Crippen molar-refractivity contribution >= 4 is 0 Å². The van der Waals surface area contributed by atoms with Gasteiger partial charge in [-0.05, 0) is 50.0 Å². The first-order valence-electron chi connectivity index (χ1n) is 9.55. The molecule has 3 fully saturated rings. The molecule has 1 unspecified atom stereocenters. The molecular weight excluding hydrogens is 326 g/mol. The molecule has 0 saturated carbocycles. The Balaban J connectivity index is 1.90. The second-order valence-electron chi connectivity index (χ2n) is 7.66. The SMILES string of the molecule is C=CCc1cc(C(O)(O)CCC)ccc1C#CC1(O)CN2CCC1CC2. The largest absolute Gasteiger partial charge is 0.376 e. The van der Waals surface area contributed by atoms with Crippen LogP contribution >= 0.6 is 0 Å². The van der Waals surface area contributed by atoms with Crippen molar-refractivity contribution in [3.63, 3.8) is 0 Å². The van der Waals surface area contributed by atoms with Crippen LogP contribution in [0.1, 0.15) is 49.3 Å². The van der Waals surface area contributed by atoms with Gasteiger partial charge in [-0.25, -0.2) is 0 Å². The zero-order valence-electron chi connectivity index (χ0n) is 15.5. The zero-order valence-corrected chi connectivity index (χ0v) is 15.5. The van der Waals surface area contributed by atoms with Crippen molar-refractivity contribution in [3.05, 3.63) is 47.5 Å². The Morgan fingerprint density at radius 1 is 1.35 bits per heavy atom. The summed E-state index contributed by atoms with van der Waals surface area (Å²) in [6.07, 6.45) is 5.33. The van der Waals surface area contributed by atoms with E-state index in [0.717, 1.165) is 37.1 Å². The van der Waals surface area contributed by atoms with Crippen LogP contribution in [0.15, 0.2) is 30.9 Å². The third-order valence-electron chi connectivity index (χ3n) is 5.67. The highest BCUT2D eigenvalue weighted by molar-refractivity contribution is 5.46. The quantitative estimate of drug-likeness (QED) is 0.430. The van der Waals surface area contributed by atoms with Gasteiger partial charge in [0.15, 0.2) is 5.79 Å². The topological polar surface area (TPSA) is 63.9 Å². The predicted molar refractivity (Wildman–Crippen MR) is 102 cm³/mol. The maximum Gasteiger partial charge on any atom is 0.189 e. The highest BCUT2D eigenvalue weighted by Gasteiger charge is 2.44. The minimum absolute atomic E-state index is 0.245. The maximum absolute atomic E-state index is 11.0. The van der Waals surface area contributed by atoms with Gasteiger partial charge >= 0.3 is 0 Å². The van der Waals surface area contributed by atoms with Crippen LogP contribution in [0.3, 0.4) is 0 Å². The van der Waals surface area contributed by atoms with E-state index in [4.69, 9.17) is 0 Å². The van der Waals surface area contributed by atoms with E-state index in [1.807, 2.05) is 13.0 Å². The van der Waals surface area contributed by atoms with Crippen LogP contribution in [0.25, 0.3) is 0 Å². The van der Waals surface area contributed by atoms with Crippen LogP contribution in [-0.4, -0.2) is 45.5 Å². The molecule has 4 nitrogen and oxygen atoms in total. The Hall–Kier alpha value is -1.64. The molecular formula is C22H29NO3. The van der Waals surface area contributed by atoms with Crippen molar-refractivity contribution in [2.45, 2.75) is 50.4 Å². The van der Waals surface area contributed by atoms with Crippen molar-refractivity contribution in [1.29, 1.82) is 0 Å². The summed E-state index contributed by atoms with van der Waals surface area (Å²) in [4.78, 5) is 2.28. The fraction of sp³-hybridized carbons (Fsp3) is 0.545. The van der Waals surface area contributed by atoms with Gasteiger partial charge in [-0.2, -0.15) is 0 Å². The maximum atomic E-state index is 11.0. The minimum atomic E-state index is -1.83. The number of allylic oxidation sites excluding steroid dienone is 1. The van der Waals surface area contributed by atoms with Gasteiger partial charge in [0.2, 0.25) is 0 Å². The highest BCUT2D eigenvalue weighted by Crippen LogP contribution is 2.35. The average molecular weight is 355 g/mol. The van der Waals surface area contributed by atoms with Gasteiger partial charge in [-0.1, -0.05) is 37.3 Å². The van der Waals surface area contributed by atoms with E-state index >= 15 is 0 Å². The molecule has 0 radical (unpaired) electrons. The standard InChI is InChI=1S/C22H29NO3/c1-3-5-18-15-20(22(25,26)11-4-2)7-6-17(18)8-12-21(24)16-23-13-9-19(21)10-14-23/h3,6-7,15,19,24-26H,1,4-5,9-11,13-14,16H2,2H3. The molecule has 2 bridgehead atoms. The van der Waals surface area contributed by atoms with Crippen molar-refractivity contribution in [2.24, 2.45) is 5.92 Å². The third-order valence-corrected chi connectivity index (χ3v) is 5.67. The summed E-state index contributed by atoms with van der Waals surface area (Å²) in [5.74, 6) is 4.71. The summed E-state index contributed by atoms with van der Waals surface area (Å²) in [6, 6.07) is 5.33. The van der Waals surface area contributed by atoms with Crippen molar-refractivity contribution in [2.75, 3.05) is 19.6 Å². The number of fused-ring (bicyclic) bond motifs is 3. The van der Waals surface area contributed by atoms with E-state index in [0.29, 0.717) is 24.9 Å². The molecule has 4 rings (SSSR count). The normalized spacial score (nSPS) is 27.7. The molecule has 140 valence electrons. The molecule has 3 heterocycles. The summed E-state index contributed by atoms with van der Waals surface area (Å²) in [5.41, 5.74) is 1.24. The Bertz CT molecular complexity index is 723. The molecule has 1 atom stereocenters. The molecule has 3 aliphatic rings. The van der Waals surface area contributed by atoms with Crippen LogP contribution in [-0.2, 0) is 12.2 Å². The lowest BCUT2D eigenvalue weighted by molar-refractivity contribution is -0.174. The third kappa shape index (κ3) is 3.87. The number of benzene rings is 1. The first kappa shape index (κ1) is 19.1. The Kier molecular flexibility index (Phi) is 5.55. The summed E-state index contributed by atoms with van der Waals surface area (Å²) in [6.45, 7) is 8.43. The number of rotatable bonds is 5. The molecule has 26 heavy (non-hydrogen) atoms. The van der Waals surface area contributed by atoms with Crippen LogP contribution in [0, 0.1) is 17.8 Å². The molecule has 3 N–H and O–H groups in total. The van der Waals surface area contributed by atoms with Gasteiger partial charge in [0.1, 0.15) is 5.60 Å². The first-order chi connectivity index (χ1) is 12.4. The summed E-state index contributed by atoms with van der Waals surface area (Å²) in [7, 11) is 0. The monoisotopic (exact) mass is 355 g/mol. The second-order valence-corrected chi connectivity index (χ2v) is 7.66. The second kappa shape index (κ2) is 7.54. The van der Waals surface area contributed by atoms with Crippen LogP contribution in [0.5, 0.6) is 0 Å². The Morgan fingerprint density at radius 2 is 2.08 bits per heavy atom. The number of aliphatic hydroxyl groups is 3. The highest BCUT2D eigenvalue weighted by atomic mass is 16.5. The summed E-state index contributed by atoms with van der Waals surface area (Å²) >= 11 is 0. The first-order valence-corrected chi connectivity index (χ1v) is 9.55. The smallest absolute Gasteiger partial charge is 0.189 e. The number of piperidine rings is 3. The van der Waals surface area contributed by atoms with Gasteiger partial charge in [0.05, 0.1) is 0 Å².